The Bertz CT molecular complexity index is 996. The van der Waals surface area contributed by atoms with E-state index in [0.29, 0.717) is 6.42 Å². The van der Waals surface area contributed by atoms with Crippen molar-refractivity contribution in [2.45, 2.75) is 166 Å². The highest BCUT2D eigenvalue weighted by molar-refractivity contribution is 6.74. The summed E-state index contributed by atoms with van der Waals surface area (Å²) >= 11 is 0. The van der Waals surface area contributed by atoms with Gasteiger partial charge in [-0.25, -0.2) is 4.79 Å². The number of carbonyl (C=O) groups excluding carboxylic acids is 2. The van der Waals surface area contributed by atoms with Gasteiger partial charge in [-0.2, -0.15) is 13.2 Å². The molecule has 272 valence electrons. The second kappa shape index (κ2) is 21.9. The first-order chi connectivity index (χ1) is 22.1. The SMILES string of the molecule is CCCCCCCCCCCCCCCCCC(=O)OC[C@H](CO[Si](C)(C)C(C)(C)C)OC(=O)[C@](OC)(c1ccccc1)C(F)(F)F. The molecule has 1 aromatic rings. The molecule has 0 aliphatic carbocycles. The second-order valence-electron chi connectivity index (χ2n) is 14.2. The predicted octanol–water partition coefficient (Wildman–Crippen LogP) is 10.8. The number of hydrogen-bond donors (Lipinski definition) is 0. The maximum absolute atomic E-state index is 14.4. The minimum absolute atomic E-state index is 0.191. The maximum Gasteiger partial charge on any atom is 0.432 e. The third-order valence-corrected chi connectivity index (χ3v) is 13.8. The summed E-state index contributed by atoms with van der Waals surface area (Å²) < 4.78 is 65.2. The summed E-state index contributed by atoms with van der Waals surface area (Å²) in [5.41, 5.74) is -3.75. The van der Waals surface area contributed by atoms with E-state index in [1.165, 1.54) is 82.8 Å². The summed E-state index contributed by atoms with van der Waals surface area (Å²) in [6.07, 6.45) is 12.0. The van der Waals surface area contributed by atoms with Crippen LogP contribution in [-0.4, -0.2) is 52.9 Å². The summed E-state index contributed by atoms with van der Waals surface area (Å²) in [6, 6.07) is 6.65. The van der Waals surface area contributed by atoms with Crippen molar-refractivity contribution in [3.8, 4) is 0 Å². The maximum atomic E-state index is 14.4. The van der Waals surface area contributed by atoms with Crippen LogP contribution in [0.2, 0.25) is 18.1 Å². The molecule has 10 heteroatoms. The van der Waals surface area contributed by atoms with Gasteiger partial charge in [-0.05, 0) is 24.6 Å². The molecule has 0 unspecified atom stereocenters. The Balaban J connectivity index is 2.61. The number of benzene rings is 1. The number of unbranched alkanes of at least 4 members (excludes halogenated alkanes) is 14. The molecule has 0 radical (unpaired) electrons. The summed E-state index contributed by atoms with van der Waals surface area (Å²) in [5.74, 6) is -2.12. The molecule has 2 atom stereocenters. The third-order valence-electron chi connectivity index (χ3n) is 9.30. The Morgan fingerprint density at radius 3 is 1.64 bits per heavy atom. The van der Waals surface area contributed by atoms with E-state index in [9.17, 15) is 22.8 Å². The van der Waals surface area contributed by atoms with Gasteiger partial charge in [0, 0.05) is 19.1 Å². The van der Waals surface area contributed by atoms with Gasteiger partial charge in [0.2, 0.25) is 0 Å². The van der Waals surface area contributed by atoms with Crippen LogP contribution >= 0.6 is 0 Å². The van der Waals surface area contributed by atoms with E-state index in [4.69, 9.17) is 18.6 Å². The standard InChI is InChI=1S/C37H63F3O6Si/c1-8-9-10-11-12-13-14-15-16-17-18-19-20-21-25-28-33(41)44-29-32(30-45-47(6,7)35(2,3)4)46-34(42)36(43-5,37(38,39)40)31-26-23-22-24-27-31/h22-24,26-27,32H,8-21,25,28-30H2,1-7H3/t32-,36-/m1/s1. The van der Waals surface area contributed by atoms with Crippen LogP contribution in [0.3, 0.4) is 0 Å². The van der Waals surface area contributed by atoms with Gasteiger partial charge >= 0.3 is 18.1 Å². The smallest absolute Gasteiger partial charge is 0.432 e. The summed E-state index contributed by atoms with van der Waals surface area (Å²) in [4.78, 5) is 25.9. The van der Waals surface area contributed by atoms with Crippen LogP contribution in [-0.2, 0) is 33.8 Å². The highest BCUT2D eigenvalue weighted by atomic mass is 28.4. The fourth-order valence-electron chi connectivity index (χ4n) is 5.15. The molecule has 0 bridgehead atoms. The van der Waals surface area contributed by atoms with Crippen LogP contribution in [0.5, 0.6) is 0 Å². The van der Waals surface area contributed by atoms with Gasteiger partial charge in [-0.1, -0.05) is 148 Å². The molecular formula is C37H63F3O6Si. The highest BCUT2D eigenvalue weighted by Crippen LogP contribution is 2.43. The fourth-order valence-corrected chi connectivity index (χ4v) is 6.19. The first kappa shape index (κ1) is 43.1. The zero-order valence-corrected chi connectivity index (χ0v) is 31.3. The molecule has 6 nitrogen and oxygen atoms in total. The average Bonchev–Trinajstić information content (AvgIpc) is 3.00. The normalized spacial score (nSPS) is 14.4. The fraction of sp³-hybridized carbons (Fsp3) is 0.784. The van der Waals surface area contributed by atoms with Gasteiger partial charge < -0.3 is 18.6 Å². The Kier molecular flexibility index (Phi) is 20.1. The van der Waals surface area contributed by atoms with Crippen LogP contribution in [0.25, 0.3) is 0 Å². The van der Waals surface area contributed by atoms with Gasteiger partial charge in [0.05, 0.1) is 6.61 Å². The summed E-state index contributed by atoms with van der Waals surface area (Å²) in [6.45, 7) is 11.6. The van der Waals surface area contributed by atoms with Gasteiger partial charge in [-0.3, -0.25) is 4.79 Å². The van der Waals surface area contributed by atoms with Crippen molar-refractivity contribution in [3.05, 3.63) is 35.9 Å². The Hall–Kier alpha value is -1.91. The molecule has 0 aliphatic heterocycles. The van der Waals surface area contributed by atoms with E-state index < -0.39 is 50.3 Å². The Morgan fingerprint density at radius 2 is 1.21 bits per heavy atom. The minimum Gasteiger partial charge on any atom is -0.462 e. The molecule has 0 spiro atoms. The van der Waals surface area contributed by atoms with Gasteiger partial charge in [0.1, 0.15) is 6.61 Å². The second-order valence-corrected chi connectivity index (χ2v) is 19.0. The van der Waals surface area contributed by atoms with Crippen LogP contribution in [0, 0.1) is 0 Å². The first-order valence-corrected chi connectivity index (χ1v) is 20.7. The zero-order valence-electron chi connectivity index (χ0n) is 30.3. The number of carbonyl (C=O) groups is 2. The van der Waals surface area contributed by atoms with Crippen LogP contribution in [0.15, 0.2) is 30.3 Å². The van der Waals surface area contributed by atoms with Crippen LogP contribution < -0.4 is 0 Å². The van der Waals surface area contributed by atoms with E-state index in [1.807, 2.05) is 33.9 Å². The van der Waals surface area contributed by atoms with Crippen LogP contribution in [0.4, 0.5) is 13.2 Å². The molecule has 47 heavy (non-hydrogen) atoms. The molecule has 0 saturated heterocycles. The van der Waals surface area contributed by atoms with E-state index >= 15 is 0 Å². The number of alkyl halides is 3. The minimum atomic E-state index is -5.12. The van der Waals surface area contributed by atoms with E-state index in [2.05, 4.69) is 6.92 Å². The van der Waals surface area contributed by atoms with Crippen molar-refractivity contribution in [1.82, 2.24) is 0 Å². The zero-order chi connectivity index (χ0) is 35.4. The van der Waals surface area contributed by atoms with Gasteiger partial charge in [0.25, 0.3) is 5.60 Å². The molecule has 0 aliphatic rings. The van der Waals surface area contributed by atoms with Gasteiger partial charge in [-0.15, -0.1) is 0 Å². The average molecular weight is 689 g/mol. The van der Waals surface area contributed by atoms with Gasteiger partial charge in [0.15, 0.2) is 14.4 Å². The largest absolute Gasteiger partial charge is 0.462 e. The number of hydrogen-bond acceptors (Lipinski definition) is 6. The Morgan fingerprint density at radius 1 is 0.745 bits per heavy atom. The quantitative estimate of drug-likeness (QED) is 0.0578. The molecule has 0 fully saturated rings. The van der Waals surface area contributed by atoms with E-state index in [1.54, 1.807) is 6.07 Å². The summed E-state index contributed by atoms with van der Waals surface area (Å²) in [5, 5.41) is -0.196. The van der Waals surface area contributed by atoms with Crippen molar-refractivity contribution in [2.75, 3.05) is 20.3 Å². The highest BCUT2D eigenvalue weighted by Gasteiger charge is 2.64. The lowest BCUT2D eigenvalue weighted by Crippen LogP contribution is -2.53. The molecule has 0 N–H and O–H groups in total. The van der Waals surface area contributed by atoms with Crippen LogP contribution in [0.1, 0.15) is 136 Å². The molecule has 0 heterocycles. The molecule has 0 saturated carbocycles. The number of methoxy groups -OCH3 is 1. The lowest BCUT2D eigenvalue weighted by molar-refractivity contribution is -0.279. The summed E-state index contributed by atoms with van der Waals surface area (Å²) in [7, 11) is -1.55. The number of ether oxygens (including phenoxy) is 3. The first-order valence-electron chi connectivity index (χ1n) is 17.8. The van der Waals surface area contributed by atoms with Crippen molar-refractivity contribution < 1.29 is 41.4 Å². The molecule has 1 rings (SSSR count). The number of esters is 2. The van der Waals surface area contributed by atoms with Crippen molar-refractivity contribution in [2.24, 2.45) is 0 Å². The molecule has 0 aromatic heterocycles. The third kappa shape index (κ3) is 15.5. The molecule has 0 amide bonds. The van der Waals surface area contributed by atoms with Crippen molar-refractivity contribution >= 4 is 20.3 Å². The van der Waals surface area contributed by atoms with E-state index in [0.717, 1.165) is 38.5 Å². The predicted molar refractivity (Wildman–Crippen MR) is 185 cm³/mol. The topological polar surface area (TPSA) is 71.1 Å². The monoisotopic (exact) mass is 688 g/mol. The molecular weight excluding hydrogens is 625 g/mol. The van der Waals surface area contributed by atoms with Crippen molar-refractivity contribution in [1.29, 1.82) is 0 Å². The van der Waals surface area contributed by atoms with E-state index in [-0.39, 0.29) is 18.1 Å². The molecule has 1 aromatic carbocycles. The number of rotatable bonds is 25. The Labute approximate surface area is 284 Å². The number of halogens is 3. The lowest BCUT2D eigenvalue weighted by Gasteiger charge is -2.38. The lowest BCUT2D eigenvalue weighted by atomic mass is 9.92. The van der Waals surface area contributed by atoms with Crippen molar-refractivity contribution in [3.63, 3.8) is 0 Å².